The zero-order valence-electron chi connectivity index (χ0n) is 5.84. The fourth-order valence-corrected chi connectivity index (χ4v) is 1.69. The Morgan fingerprint density at radius 1 is 1.50 bits per heavy atom. The van der Waals surface area contributed by atoms with Gasteiger partial charge in [-0.25, -0.2) is 0 Å². The molecule has 0 aromatic rings. The number of allylic oxidation sites excluding steroid dienone is 4. The van der Waals surface area contributed by atoms with Gasteiger partial charge in [0.15, 0.2) is 5.78 Å². The second-order valence-electron chi connectivity index (χ2n) is 2.99. The molecule has 2 rings (SSSR count). The number of carbonyl (C=O) groups is 1. The van der Waals surface area contributed by atoms with Gasteiger partial charge in [0.25, 0.3) is 0 Å². The molecular weight excluding hydrogens is 124 g/mol. The van der Waals surface area contributed by atoms with Crippen molar-refractivity contribution in [3.8, 4) is 0 Å². The predicted molar refractivity (Wildman–Crippen MR) is 39.6 cm³/mol. The molecule has 10 heavy (non-hydrogen) atoms. The first kappa shape index (κ1) is 5.90. The van der Waals surface area contributed by atoms with Crippen molar-refractivity contribution < 1.29 is 4.79 Å². The Hall–Kier alpha value is -0.850. The van der Waals surface area contributed by atoms with E-state index in [9.17, 15) is 4.79 Å². The summed E-state index contributed by atoms with van der Waals surface area (Å²) in [4.78, 5) is 10.9. The van der Waals surface area contributed by atoms with E-state index in [1.165, 1.54) is 12.0 Å². The Balaban J connectivity index is 2.30. The first-order valence-corrected chi connectivity index (χ1v) is 3.77. The van der Waals surface area contributed by atoms with Crippen LogP contribution in [-0.2, 0) is 4.79 Å². The van der Waals surface area contributed by atoms with Crippen molar-refractivity contribution in [2.45, 2.75) is 19.3 Å². The van der Waals surface area contributed by atoms with Crippen LogP contribution in [0.2, 0.25) is 0 Å². The highest BCUT2D eigenvalue weighted by molar-refractivity contribution is 5.94. The van der Waals surface area contributed by atoms with E-state index in [-0.39, 0.29) is 0 Å². The van der Waals surface area contributed by atoms with Crippen molar-refractivity contribution in [3.05, 3.63) is 23.8 Å². The first-order chi connectivity index (χ1) is 4.86. The molecule has 2 aliphatic carbocycles. The molecule has 52 valence electrons. The maximum atomic E-state index is 10.9. The number of ketones is 1. The van der Waals surface area contributed by atoms with E-state index >= 15 is 0 Å². The third-order valence-corrected chi connectivity index (χ3v) is 2.24. The Bertz CT molecular complexity index is 223. The quantitative estimate of drug-likeness (QED) is 0.494. The lowest BCUT2D eigenvalue weighted by molar-refractivity contribution is -0.114. The van der Waals surface area contributed by atoms with Gasteiger partial charge in [0.2, 0.25) is 0 Å². The highest BCUT2D eigenvalue weighted by Crippen LogP contribution is 2.31. The summed E-state index contributed by atoms with van der Waals surface area (Å²) in [5.74, 6) is 0.879. The summed E-state index contributed by atoms with van der Waals surface area (Å²) in [5.41, 5.74) is 1.26. The third-order valence-electron chi connectivity index (χ3n) is 2.24. The fraction of sp³-hybridized carbons (Fsp3) is 0.444. The van der Waals surface area contributed by atoms with Crippen molar-refractivity contribution in [2.75, 3.05) is 0 Å². The Labute approximate surface area is 60.4 Å². The lowest BCUT2D eigenvalue weighted by atomic mass is 9.91. The second-order valence-corrected chi connectivity index (χ2v) is 2.99. The highest BCUT2D eigenvalue weighted by atomic mass is 16.1. The van der Waals surface area contributed by atoms with Gasteiger partial charge in [-0.2, -0.15) is 0 Å². The molecule has 1 unspecified atom stereocenters. The number of fused-ring (bicyclic) bond motifs is 1. The van der Waals surface area contributed by atoms with Gasteiger partial charge in [0.1, 0.15) is 0 Å². The molecule has 0 saturated carbocycles. The summed E-state index contributed by atoms with van der Waals surface area (Å²) in [6.07, 6.45) is 9.13. The molecule has 1 heteroatoms. The summed E-state index contributed by atoms with van der Waals surface area (Å²) in [6.45, 7) is 0. The molecule has 0 aliphatic heterocycles. The van der Waals surface area contributed by atoms with Gasteiger partial charge in [0, 0.05) is 6.42 Å². The van der Waals surface area contributed by atoms with E-state index in [1.807, 2.05) is 0 Å². The minimum absolute atomic E-state index is 0.312. The number of hydrogen-bond donors (Lipinski definition) is 0. The van der Waals surface area contributed by atoms with Gasteiger partial charge >= 0.3 is 0 Å². The normalized spacial score (nSPS) is 30.2. The molecule has 0 saturated heterocycles. The molecule has 1 nitrogen and oxygen atoms in total. The van der Waals surface area contributed by atoms with Crippen LogP contribution in [0, 0.1) is 5.92 Å². The molecule has 1 atom stereocenters. The molecule has 0 amide bonds. The van der Waals surface area contributed by atoms with Crippen LogP contribution in [0.25, 0.3) is 0 Å². The Morgan fingerprint density at radius 3 is 3.20 bits per heavy atom. The Kier molecular flexibility index (Phi) is 1.23. The first-order valence-electron chi connectivity index (χ1n) is 3.77. The molecule has 0 N–H and O–H groups in total. The lowest BCUT2D eigenvalue weighted by Crippen LogP contribution is -2.01. The maximum absolute atomic E-state index is 10.9. The van der Waals surface area contributed by atoms with Crippen molar-refractivity contribution in [3.63, 3.8) is 0 Å². The molecule has 2 aliphatic rings. The molecular formula is C9H10O. The van der Waals surface area contributed by atoms with Crippen molar-refractivity contribution in [1.29, 1.82) is 0 Å². The van der Waals surface area contributed by atoms with Gasteiger partial charge in [-0.15, -0.1) is 0 Å². The maximum Gasteiger partial charge on any atom is 0.156 e. The summed E-state index contributed by atoms with van der Waals surface area (Å²) in [7, 11) is 0. The summed E-state index contributed by atoms with van der Waals surface area (Å²) >= 11 is 0. The van der Waals surface area contributed by atoms with Gasteiger partial charge in [0.05, 0.1) is 0 Å². The van der Waals surface area contributed by atoms with Crippen LogP contribution in [0.5, 0.6) is 0 Å². The minimum atomic E-state index is 0.312. The van der Waals surface area contributed by atoms with E-state index < -0.39 is 0 Å². The summed E-state index contributed by atoms with van der Waals surface area (Å²) < 4.78 is 0. The summed E-state index contributed by atoms with van der Waals surface area (Å²) in [5, 5.41) is 0. The van der Waals surface area contributed by atoms with Crippen molar-refractivity contribution >= 4 is 5.78 Å². The van der Waals surface area contributed by atoms with E-state index in [1.54, 1.807) is 6.08 Å². The van der Waals surface area contributed by atoms with E-state index in [2.05, 4.69) is 12.2 Å². The minimum Gasteiger partial charge on any atom is -0.295 e. The molecule has 0 aromatic heterocycles. The van der Waals surface area contributed by atoms with E-state index in [0.29, 0.717) is 11.7 Å². The molecule has 0 spiro atoms. The third kappa shape index (κ3) is 0.821. The van der Waals surface area contributed by atoms with Crippen LogP contribution in [0.15, 0.2) is 23.8 Å². The van der Waals surface area contributed by atoms with Gasteiger partial charge in [-0.1, -0.05) is 12.2 Å². The molecule has 0 fully saturated rings. The predicted octanol–water partition coefficient (Wildman–Crippen LogP) is 1.85. The summed E-state index contributed by atoms with van der Waals surface area (Å²) in [6, 6.07) is 0. The SMILES string of the molecule is O=C1C=C2C=CCCC2C1. The smallest absolute Gasteiger partial charge is 0.156 e. The average molecular weight is 134 g/mol. The molecule has 0 radical (unpaired) electrons. The van der Waals surface area contributed by atoms with Crippen molar-refractivity contribution in [2.24, 2.45) is 5.92 Å². The Morgan fingerprint density at radius 2 is 2.40 bits per heavy atom. The van der Waals surface area contributed by atoms with Gasteiger partial charge in [-0.05, 0) is 30.4 Å². The van der Waals surface area contributed by atoms with Gasteiger partial charge in [-0.3, -0.25) is 4.79 Å². The largest absolute Gasteiger partial charge is 0.295 e. The highest BCUT2D eigenvalue weighted by Gasteiger charge is 2.23. The van der Waals surface area contributed by atoms with Crippen molar-refractivity contribution in [1.82, 2.24) is 0 Å². The second kappa shape index (κ2) is 2.08. The zero-order chi connectivity index (χ0) is 6.97. The molecule has 0 aromatic carbocycles. The number of hydrogen-bond acceptors (Lipinski definition) is 1. The van der Waals surface area contributed by atoms with Crippen LogP contribution in [-0.4, -0.2) is 5.78 Å². The van der Waals surface area contributed by atoms with Crippen LogP contribution >= 0.6 is 0 Å². The average Bonchev–Trinajstić information content (AvgIpc) is 2.27. The van der Waals surface area contributed by atoms with E-state index in [0.717, 1.165) is 12.8 Å². The molecule has 0 heterocycles. The monoisotopic (exact) mass is 134 g/mol. The zero-order valence-corrected chi connectivity index (χ0v) is 5.84. The standard InChI is InChI=1S/C9H10O/c10-9-5-7-3-1-2-4-8(7)6-9/h1,3,5,8H,2,4,6H2. The van der Waals surface area contributed by atoms with Gasteiger partial charge < -0.3 is 0 Å². The fourth-order valence-electron chi connectivity index (χ4n) is 1.69. The van der Waals surface area contributed by atoms with Crippen LogP contribution in [0.4, 0.5) is 0 Å². The van der Waals surface area contributed by atoms with Crippen LogP contribution in [0.1, 0.15) is 19.3 Å². The van der Waals surface area contributed by atoms with Crippen LogP contribution < -0.4 is 0 Å². The van der Waals surface area contributed by atoms with Crippen LogP contribution in [0.3, 0.4) is 0 Å². The number of rotatable bonds is 0. The lowest BCUT2D eigenvalue weighted by Gasteiger charge is -2.13. The molecule has 0 bridgehead atoms. The number of carbonyl (C=O) groups excluding carboxylic acids is 1. The topological polar surface area (TPSA) is 17.1 Å². The van der Waals surface area contributed by atoms with E-state index in [4.69, 9.17) is 0 Å².